The van der Waals surface area contributed by atoms with Crippen molar-refractivity contribution < 1.29 is 9.18 Å². The highest BCUT2D eigenvalue weighted by atomic mass is 32.2. The molecule has 1 aliphatic rings. The van der Waals surface area contributed by atoms with Crippen molar-refractivity contribution in [2.24, 2.45) is 4.99 Å². The summed E-state index contributed by atoms with van der Waals surface area (Å²) >= 11 is 1.40. The molecule has 4 nitrogen and oxygen atoms in total. The van der Waals surface area contributed by atoms with Crippen LogP contribution in [0.4, 0.5) is 10.1 Å². The number of hydrogen-bond donors (Lipinski definition) is 0. The number of aromatic nitrogens is 1. The van der Waals surface area contributed by atoms with Gasteiger partial charge in [0.05, 0.1) is 10.6 Å². The van der Waals surface area contributed by atoms with Crippen molar-refractivity contribution in [1.82, 2.24) is 9.47 Å². The molecule has 3 aromatic carbocycles. The van der Waals surface area contributed by atoms with Gasteiger partial charge in [0.2, 0.25) is 0 Å². The Hall–Kier alpha value is -3.64. The Balaban J connectivity index is 1.42. The summed E-state index contributed by atoms with van der Waals surface area (Å²) in [4.78, 5) is 20.0. The highest BCUT2D eigenvalue weighted by Gasteiger charge is 2.32. The van der Waals surface area contributed by atoms with E-state index in [1.807, 2.05) is 73.8 Å². The number of hydrogen-bond acceptors (Lipinski definition) is 3. The van der Waals surface area contributed by atoms with Crippen molar-refractivity contribution in [3.05, 3.63) is 107 Å². The number of para-hydroxylation sites is 1. The molecule has 0 radical (unpaired) electrons. The van der Waals surface area contributed by atoms with Crippen LogP contribution in [0.25, 0.3) is 17.0 Å². The van der Waals surface area contributed by atoms with E-state index in [1.54, 1.807) is 17.0 Å². The summed E-state index contributed by atoms with van der Waals surface area (Å²) in [7, 11) is 0. The van der Waals surface area contributed by atoms with Gasteiger partial charge in [-0.15, -0.1) is 0 Å². The molecule has 0 atom stereocenters. The maximum atomic E-state index is 13.5. The Kier molecular flexibility index (Phi) is 5.84. The number of thioether (sulfide) groups is 1. The monoisotopic (exact) mass is 455 g/mol. The lowest BCUT2D eigenvalue weighted by Crippen LogP contribution is -2.28. The summed E-state index contributed by atoms with van der Waals surface area (Å²) in [6.45, 7) is 3.12. The van der Waals surface area contributed by atoms with Crippen LogP contribution in [0.2, 0.25) is 0 Å². The van der Waals surface area contributed by atoms with E-state index < -0.39 is 0 Å². The molecule has 1 amide bonds. The van der Waals surface area contributed by atoms with Gasteiger partial charge in [-0.25, -0.2) is 9.38 Å². The van der Waals surface area contributed by atoms with Crippen LogP contribution in [0.15, 0.2) is 95.0 Å². The number of amides is 1. The highest BCUT2D eigenvalue weighted by molar-refractivity contribution is 8.18. The Morgan fingerprint density at radius 1 is 1.00 bits per heavy atom. The van der Waals surface area contributed by atoms with Crippen LogP contribution in [0.5, 0.6) is 0 Å². The zero-order chi connectivity index (χ0) is 22.8. The molecule has 0 saturated carbocycles. The Morgan fingerprint density at radius 2 is 1.85 bits per heavy atom. The molecule has 164 valence electrons. The van der Waals surface area contributed by atoms with Crippen LogP contribution in [0.1, 0.15) is 18.1 Å². The molecule has 1 fully saturated rings. The number of rotatable bonds is 5. The predicted molar refractivity (Wildman–Crippen MR) is 134 cm³/mol. The number of carbonyl (C=O) groups excluding carboxylic acids is 1. The lowest BCUT2D eigenvalue weighted by Gasteiger charge is -2.11. The number of nitrogens with zero attached hydrogens (tertiary/aromatic N) is 3. The quantitative estimate of drug-likeness (QED) is 0.324. The Labute approximate surface area is 196 Å². The first-order valence-electron chi connectivity index (χ1n) is 10.8. The second-order valence-electron chi connectivity index (χ2n) is 7.78. The molecule has 1 aliphatic heterocycles. The Morgan fingerprint density at radius 3 is 2.64 bits per heavy atom. The van der Waals surface area contributed by atoms with Crippen LogP contribution in [0.3, 0.4) is 0 Å². The van der Waals surface area contributed by atoms with Crippen LogP contribution in [0, 0.1) is 5.82 Å². The first-order valence-corrected chi connectivity index (χ1v) is 11.6. The summed E-state index contributed by atoms with van der Waals surface area (Å²) in [5.41, 5.74) is 3.76. The molecular weight excluding hydrogens is 433 g/mol. The summed E-state index contributed by atoms with van der Waals surface area (Å²) in [5, 5.41) is 1.77. The van der Waals surface area contributed by atoms with Crippen molar-refractivity contribution in [3.8, 4) is 0 Å². The smallest absolute Gasteiger partial charge is 0.266 e. The van der Waals surface area contributed by atoms with E-state index in [9.17, 15) is 9.18 Å². The fourth-order valence-electron chi connectivity index (χ4n) is 3.91. The predicted octanol–water partition coefficient (Wildman–Crippen LogP) is 6.45. The zero-order valence-corrected chi connectivity index (χ0v) is 18.9. The van der Waals surface area contributed by atoms with E-state index in [0.29, 0.717) is 23.2 Å². The first-order chi connectivity index (χ1) is 16.1. The number of amidine groups is 1. The number of likely N-dealkylation sites (N-methyl/N-ethyl adjacent to an activating group) is 1. The van der Waals surface area contributed by atoms with E-state index >= 15 is 0 Å². The van der Waals surface area contributed by atoms with Gasteiger partial charge in [0, 0.05) is 30.2 Å². The minimum absolute atomic E-state index is 0.0269. The van der Waals surface area contributed by atoms with Crippen molar-refractivity contribution in [2.45, 2.75) is 13.5 Å². The van der Waals surface area contributed by atoms with Gasteiger partial charge >= 0.3 is 0 Å². The fraction of sp³-hybridized carbons (Fsp3) is 0.111. The SMILES string of the molecule is CCN1C(=O)/C(=C\c2ccc3c(ccn3Cc3cccc(F)c3)c2)SC1=Nc1ccccc1. The van der Waals surface area contributed by atoms with E-state index in [2.05, 4.69) is 15.6 Å². The molecule has 1 aromatic heterocycles. The lowest BCUT2D eigenvalue weighted by molar-refractivity contribution is -0.122. The molecule has 1 saturated heterocycles. The number of halogens is 1. The third-order valence-corrected chi connectivity index (χ3v) is 6.53. The molecule has 33 heavy (non-hydrogen) atoms. The molecule has 4 aromatic rings. The topological polar surface area (TPSA) is 37.6 Å². The first kappa shape index (κ1) is 21.2. The molecular formula is C27H22FN3OS. The van der Waals surface area contributed by atoms with Gasteiger partial charge in [0.25, 0.3) is 5.91 Å². The van der Waals surface area contributed by atoms with Gasteiger partial charge in [-0.3, -0.25) is 9.69 Å². The molecule has 0 aliphatic carbocycles. The van der Waals surface area contributed by atoms with Crippen molar-refractivity contribution >= 4 is 45.5 Å². The second kappa shape index (κ2) is 9.08. The molecule has 5 rings (SSSR count). The highest BCUT2D eigenvalue weighted by Crippen LogP contribution is 2.34. The third-order valence-electron chi connectivity index (χ3n) is 5.52. The molecule has 6 heteroatoms. The van der Waals surface area contributed by atoms with Gasteiger partial charge < -0.3 is 4.57 Å². The van der Waals surface area contributed by atoms with Gasteiger partial charge in [0.1, 0.15) is 5.82 Å². The van der Waals surface area contributed by atoms with E-state index in [4.69, 9.17) is 0 Å². The summed E-state index contributed by atoms with van der Waals surface area (Å²) in [6, 6.07) is 24.5. The Bertz CT molecular complexity index is 1390. The normalized spacial score (nSPS) is 16.4. The van der Waals surface area contributed by atoms with Crippen LogP contribution >= 0.6 is 11.8 Å². The fourth-order valence-corrected chi connectivity index (χ4v) is 4.98. The number of fused-ring (bicyclic) bond motifs is 1. The molecule has 0 N–H and O–H groups in total. The average molecular weight is 456 g/mol. The number of benzene rings is 3. The largest absolute Gasteiger partial charge is 0.343 e. The van der Waals surface area contributed by atoms with E-state index in [-0.39, 0.29) is 11.7 Å². The second-order valence-corrected chi connectivity index (χ2v) is 8.79. The zero-order valence-electron chi connectivity index (χ0n) is 18.1. The number of aliphatic imine (C=N–C) groups is 1. The third kappa shape index (κ3) is 4.47. The molecule has 0 unspecified atom stereocenters. The maximum Gasteiger partial charge on any atom is 0.266 e. The van der Waals surface area contributed by atoms with Gasteiger partial charge in [-0.1, -0.05) is 36.4 Å². The minimum Gasteiger partial charge on any atom is -0.343 e. The van der Waals surface area contributed by atoms with E-state index in [0.717, 1.165) is 27.7 Å². The van der Waals surface area contributed by atoms with Crippen molar-refractivity contribution in [3.63, 3.8) is 0 Å². The number of carbonyl (C=O) groups is 1. The lowest BCUT2D eigenvalue weighted by atomic mass is 10.1. The van der Waals surface area contributed by atoms with Crippen LogP contribution in [-0.2, 0) is 11.3 Å². The van der Waals surface area contributed by atoms with Gasteiger partial charge in [-0.05, 0) is 78.4 Å². The average Bonchev–Trinajstić information content (AvgIpc) is 3.34. The van der Waals surface area contributed by atoms with E-state index in [1.165, 1.54) is 17.8 Å². The van der Waals surface area contributed by atoms with Crippen LogP contribution in [-0.4, -0.2) is 27.1 Å². The van der Waals surface area contributed by atoms with Gasteiger partial charge in [0.15, 0.2) is 5.17 Å². The summed E-state index contributed by atoms with van der Waals surface area (Å²) in [5.74, 6) is -0.256. The van der Waals surface area contributed by atoms with Gasteiger partial charge in [-0.2, -0.15) is 0 Å². The molecule has 0 bridgehead atoms. The van der Waals surface area contributed by atoms with Crippen molar-refractivity contribution in [2.75, 3.05) is 6.54 Å². The van der Waals surface area contributed by atoms with Crippen molar-refractivity contribution in [1.29, 1.82) is 0 Å². The summed E-state index contributed by atoms with van der Waals surface area (Å²) < 4.78 is 15.6. The molecule has 0 spiro atoms. The van der Waals surface area contributed by atoms with Crippen LogP contribution < -0.4 is 0 Å². The maximum absolute atomic E-state index is 13.5. The summed E-state index contributed by atoms with van der Waals surface area (Å²) in [6.07, 6.45) is 3.93. The minimum atomic E-state index is -0.229. The standard InChI is InChI=1S/C27H22FN3OS/c1-2-31-26(32)25(33-27(31)29-23-9-4-3-5-10-23)17-19-11-12-24-21(15-19)13-14-30(24)18-20-7-6-8-22(28)16-20/h3-17H,2,18H2,1H3/b25-17+,29-27?. The molecule has 2 heterocycles.